The van der Waals surface area contributed by atoms with Gasteiger partial charge < -0.3 is 16.4 Å². The Morgan fingerprint density at radius 2 is 2.06 bits per heavy atom. The minimum Gasteiger partial charge on any atom is -0.368 e. The zero-order chi connectivity index (χ0) is 12.3. The molecule has 2 unspecified atom stereocenters. The van der Waals surface area contributed by atoms with Gasteiger partial charge in [0.1, 0.15) is 0 Å². The minimum atomic E-state index is -0.492. The lowest BCUT2D eigenvalue weighted by Gasteiger charge is -2.27. The van der Waals surface area contributed by atoms with E-state index in [0.717, 1.165) is 0 Å². The monoisotopic (exact) mass is 225 g/mol. The molecule has 0 aromatic heterocycles. The topological polar surface area (TPSA) is 89.4 Å². The number of nitrogens with zero attached hydrogens (tertiary/aromatic N) is 1. The third-order valence-electron chi connectivity index (χ3n) is 2.67. The largest absolute Gasteiger partial charge is 0.368 e. The Bertz CT molecular complexity index is 312. The van der Waals surface area contributed by atoms with Crippen molar-refractivity contribution >= 4 is 11.8 Å². The molecule has 2 amide bonds. The molecule has 5 heteroatoms. The maximum Gasteiger partial charge on any atom is 0.237 e. The third-order valence-corrected chi connectivity index (χ3v) is 2.67. The molecule has 1 rings (SSSR count). The van der Waals surface area contributed by atoms with E-state index in [1.54, 1.807) is 0 Å². The lowest BCUT2D eigenvalue weighted by Crippen LogP contribution is -2.45. The van der Waals surface area contributed by atoms with Gasteiger partial charge in [-0.15, -0.1) is 0 Å². The summed E-state index contributed by atoms with van der Waals surface area (Å²) in [6, 6.07) is -0.0956. The molecule has 5 nitrogen and oxygen atoms in total. The van der Waals surface area contributed by atoms with Gasteiger partial charge in [0.15, 0.2) is 0 Å². The fourth-order valence-corrected chi connectivity index (χ4v) is 1.81. The zero-order valence-electron chi connectivity index (χ0n) is 9.72. The van der Waals surface area contributed by atoms with Crippen LogP contribution in [0.4, 0.5) is 0 Å². The van der Waals surface area contributed by atoms with Crippen LogP contribution in [0.15, 0.2) is 12.2 Å². The summed E-state index contributed by atoms with van der Waals surface area (Å²) in [5, 5.41) is 0. The molecule has 0 radical (unpaired) electrons. The van der Waals surface area contributed by atoms with Crippen molar-refractivity contribution in [2.24, 2.45) is 17.4 Å². The average Bonchev–Trinajstić information content (AvgIpc) is 2.59. The Kier molecular flexibility index (Phi) is 4.06. The van der Waals surface area contributed by atoms with E-state index in [1.807, 2.05) is 26.0 Å². The molecule has 0 aromatic carbocycles. The molecule has 1 aliphatic carbocycles. The first-order valence-corrected chi connectivity index (χ1v) is 5.44. The summed E-state index contributed by atoms with van der Waals surface area (Å²) in [6.45, 7) is 3.69. The smallest absolute Gasteiger partial charge is 0.237 e. The fourth-order valence-electron chi connectivity index (χ4n) is 1.81. The SMILES string of the molecule is CC(C)N(CC(N)=O)C(=O)C1C=CC(N)C1. The van der Waals surface area contributed by atoms with Gasteiger partial charge in [-0.1, -0.05) is 12.2 Å². The summed E-state index contributed by atoms with van der Waals surface area (Å²) < 4.78 is 0. The van der Waals surface area contributed by atoms with Gasteiger partial charge in [-0.05, 0) is 20.3 Å². The Balaban J connectivity index is 2.68. The first-order valence-electron chi connectivity index (χ1n) is 5.44. The van der Waals surface area contributed by atoms with Crippen molar-refractivity contribution in [3.05, 3.63) is 12.2 Å². The lowest BCUT2D eigenvalue weighted by molar-refractivity contribution is -0.139. The maximum absolute atomic E-state index is 12.1. The summed E-state index contributed by atoms with van der Waals surface area (Å²) in [7, 11) is 0. The normalized spacial score (nSPS) is 23.8. The van der Waals surface area contributed by atoms with Crippen molar-refractivity contribution in [1.29, 1.82) is 0 Å². The van der Waals surface area contributed by atoms with Crippen LogP contribution in [0.3, 0.4) is 0 Å². The molecule has 1 aliphatic rings. The first-order chi connectivity index (χ1) is 7.41. The number of carbonyl (C=O) groups excluding carboxylic acids is 2. The van der Waals surface area contributed by atoms with E-state index >= 15 is 0 Å². The van der Waals surface area contributed by atoms with Crippen LogP contribution in [-0.4, -0.2) is 35.3 Å². The highest BCUT2D eigenvalue weighted by atomic mass is 16.2. The summed E-state index contributed by atoms with van der Waals surface area (Å²) in [5.41, 5.74) is 10.8. The molecular weight excluding hydrogens is 206 g/mol. The quantitative estimate of drug-likeness (QED) is 0.639. The van der Waals surface area contributed by atoms with Crippen molar-refractivity contribution < 1.29 is 9.59 Å². The van der Waals surface area contributed by atoms with Crippen LogP contribution >= 0.6 is 0 Å². The van der Waals surface area contributed by atoms with Crippen molar-refractivity contribution in [2.75, 3.05) is 6.54 Å². The highest BCUT2D eigenvalue weighted by molar-refractivity contribution is 5.86. The van der Waals surface area contributed by atoms with E-state index in [2.05, 4.69) is 0 Å². The predicted molar refractivity (Wildman–Crippen MR) is 61.3 cm³/mol. The zero-order valence-corrected chi connectivity index (χ0v) is 9.72. The first kappa shape index (κ1) is 12.7. The molecule has 4 N–H and O–H groups in total. The Hall–Kier alpha value is -1.36. The Morgan fingerprint density at radius 1 is 1.44 bits per heavy atom. The fraction of sp³-hybridized carbons (Fsp3) is 0.636. The van der Waals surface area contributed by atoms with Crippen molar-refractivity contribution in [1.82, 2.24) is 4.90 Å². The number of rotatable bonds is 4. The number of nitrogens with two attached hydrogens (primary N) is 2. The van der Waals surface area contributed by atoms with Crippen molar-refractivity contribution in [3.63, 3.8) is 0 Å². The number of hydrogen-bond donors (Lipinski definition) is 2. The van der Waals surface area contributed by atoms with Gasteiger partial charge in [-0.25, -0.2) is 0 Å². The Labute approximate surface area is 95.5 Å². The van der Waals surface area contributed by atoms with Gasteiger partial charge in [-0.2, -0.15) is 0 Å². The minimum absolute atomic E-state index is 0.0317. The average molecular weight is 225 g/mol. The van der Waals surface area contributed by atoms with Crippen LogP contribution in [0.25, 0.3) is 0 Å². The molecule has 2 atom stereocenters. The van der Waals surface area contributed by atoms with Gasteiger partial charge in [0, 0.05) is 12.1 Å². The van der Waals surface area contributed by atoms with Crippen molar-refractivity contribution in [3.8, 4) is 0 Å². The molecule has 0 saturated carbocycles. The van der Waals surface area contributed by atoms with Crippen LogP contribution < -0.4 is 11.5 Å². The number of amides is 2. The predicted octanol–water partition coefficient (Wildman–Crippen LogP) is -0.388. The Morgan fingerprint density at radius 3 is 2.44 bits per heavy atom. The lowest BCUT2D eigenvalue weighted by atomic mass is 10.1. The van der Waals surface area contributed by atoms with E-state index in [1.165, 1.54) is 4.90 Å². The molecule has 0 fully saturated rings. The summed E-state index contributed by atoms with van der Waals surface area (Å²) in [6.07, 6.45) is 4.25. The van der Waals surface area contributed by atoms with Gasteiger partial charge >= 0.3 is 0 Å². The molecule has 0 spiro atoms. The van der Waals surface area contributed by atoms with Crippen LogP contribution in [0.2, 0.25) is 0 Å². The van der Waals surface area contributed by atoms with Gasteiger partial charge in [0.25, 0.3) is 0 Å². The van der Waals surface area contributed by atoms with Crippen LogP contribution in [0.5, 0.6) is 0 Å². The summed E-state index contributed by atoms with van der Waals surface area (Å²) in [5.74, 6) is -0.775. The van der Waals surface area contributed by atoms with Gasteiger partial charge in [-0.3, -0.25) is 9.59 Å². The van der Waals surface area contributed by atoms with Crippen LogP contribution in [-0.2, 0) is 9.59 Å². The molecule has 0 aromatic rings. The van der Waals surface area contributed by atoms with Crippen LogP contribution in [0, 0.1) is 5.92 Å². The molecule has 90 valence electrons. The molecule has 0 saturated heterocycles. The number of primary amides is 1. The highest BCUT2D eigenvalue weighted by Gasteiger charge is 2.29. The highest BCUT2D eigenvalue weighted by Crippen LogP contribution is 2.19. The van der Waals surface area contributed by atoms with E-state index in [4.69, 9.17) is 11.5 Å². The molecule has 16 heavy (non-hydrogen) atoms. The summed E-state index contributed by atoms with van der Waals surface area (Å²) >= 11 is 0. The second kappa shape index (κ2) is 5.12. The second-order valence-electron chi connectivity index (χ2n) is 4.42. The number of carbonyl (C=O) groups is 2. The molecular formula is C11H19N3O2. The molecule has 0 heterocycles. The molecule has 0 bridgehead atoms. The molecule has 0 aliphatic heterocycles. The van der Waals surface area contributed by atoms with Crippen LogP contribution in [0.1, 0.15) is 20.3 Å². The number of hydrogen-bond acceptors (Lipinski definition) is 3. The van der Waals surface area contributed by atoms with E-state index in [9.17, 15) is 9.59 Å². The summed E-state index contributed by atoms with van der Waals surface area (Å²) in [4.78, 5) is 24.5. The van der Waals surface area contributed by atoms with Gasteiger partial charge in [0.2, 0.25) is 11.8 Å². The maximum atomic E-state index is 12.1. The second-order valence-corrected chi connectivity index (χ2v) is 4.42. The third kappa shape index (κ3) is 3.06. The standard InChI is InChI=1S/C11H19N3O2/c1-7(2)14(6-10(13)15)11(16)8-3-4-9(12)5-8/h3-4,7-9H,5-6,12H2,1-2H3,(H2,13,15). The van der Waals surface area contributed by atoms with E-state index < -0.39 is 5.91 Å². The van der Waals surface area contributed by atoms with E-state index in [0.29, 0.717) is 6.42 Å². The van der Waals surface area contributed by atoms with Gasteiger partial charge in [0.05, 0.1) is 12.5 Å². The van der Waals surface area contributed by atoms with E-state index in [-0.39, 0.29) is 30.5 Å². The van der Waals surface area contributed by atoms with Crippen molar-refractivity contribution in [2.45, 2.75) is 32.4 Å².